The number of alkyl halides is 2. The molecule has 0 aromatic rings. The summed E-state index contributed by atoms with van der Waals surface area (Å²) >= 11 is 6.70. The molecule has 0 aromatic heterocycles. The Morgan fingerprint density at radius 3 is 1.40 bits per heavy atom. The zero-order valence-electron chi connectivity index (χ0n) is 9.88. The van der Waals surface area contributed by atoms with E-state index in [1.165, 1.54) is 5.67 Å². The molecule has 0 atom stereocenters. The lowest BCUT2D eigenvalue weighted by molar-refractivity contribution is 1.60. The predicted octanol–water partition coefficient (Wildman–Crippen LogP) is 3.82. The summed E-state index contributed by atoms with van der Waals surface area (Å²) < 4.78 is 0. The molecule has 0 heterocycles. The van der Waals surface area contributed by atoms with Crippen LogP contribution in [0, 0.1) is 22.9 Å². The van der Waals surface area contributed by atoms with Crippen molar-refractivity contribution in [3.63, 3.8) is 0 Å². The topological polar surface area (TPSA) is 0 Å². The van der Waals surface area contributed by atoms with Gasteiger partial charge in [0.25, 0.3) is 0 Å². The first-order valence-electron chi connectivity index (χ1n) is 4.95. The van der Waals surface area contributed by atoms with Gasteiger partial charge in [0.2, 0.25) is 0 Å². The first-order valence-corrected chi connectivity index (χ1v) is 13.6. The number of hydrogen-bond acceptors (Lipinski definition) is 0. The van der Waals surface area contributed by atoms with E-state index in [1.54, 1.807) is 0 Å². The van der Waals surface area contributed by atoms with Crippen LogP contribution >= 0.6 is 31.9 Å². The van der Waals surface area contributed by atoms with Gasteiger partial charge in [-0.2, -0.15) is 0 Å². The molecule has 0 aliphatic carbocycles. The van der Waals surface area contributed by atoms with Crippen molar-refractivity contribution in [3.05, 3.63) is 0 Å². The minimum absolute atomic E-state index is 0.790. The van der Waals surface area contributed by atoms with Crippen LogP contribution in [0.3, 0.4) is 0 Å². The maximum Gasteiger partial charge on any atom is 0.130 e. The van der Waals surface area contributed by atoms with E-state index in [-0.39, 0.29) is 0 Å². The van der Waals surface area contributed by atoms with Crippen molar-refractivity contribution in [2.45, 2.75) is 31.9 Å². The fourth-order valence-corrected chi connectivity index (χ4v) is 13.2. The highest BCUT2D eigenvalue weighted by atomic mass is 79.9. The highest BCUT2D eigenvalue weighted by Gasteiger charge is 2.29. The summed E-state index contributed by atoms with van der Waals surface area (Å²) in [5, 5.41) is 1.58. The van der Waals surface area contributed by atoms with Crippen molar-refractivity contribution >= 4 is 48.0 Å². The van der Waals surface area contributed by atoms with Gasteiger partial charge in [-0.15, -0.1) is 11.1 Å². The molecule has 0 amide bonds. The van der Waals surface area contributed by atoms with Crippen LogP contribution in [0.15, 0.2) is 0 Å². The predicted molar refractivity (Wildman–Crippen MR) is 82.9 cm³/mol. The van der Waals surface area contributed by atoms with E-state index < -0.39 is 16.1 Å². The van der Waals surface area contributed by atoms with Crippen molar-refractivity contribution in [2.24, 2.45) is 0 Å². The van der Waals surface area contributed by atoms with Gasteiger partial charge in [0.1, 0.15) is 16.1 Å². The van der Waals surface area contributed by atoms with Gasteiger partial charge in [-0.3, -0.25) is 0 Å². The first-order chi connectivity index (χ1) is 6.83. The SMILES string of the molecule is C[Si](C)(C#CCBr)C[Si](C)(C)C#CCBr. The van der Waals surface area contributed by atoms with Gasteiger partial charge in [0.05, 0.1) is 10.7 Å². The van der Waals surface area contributed by atoms with Gasteiger partial charge in [0.15, 0.2) is 0 Å². The molecule has 0 radical (unpaired) electrons. The summed E-state index contributed by atoms with van der Waals surface area (Å²) in [6.07, 6.45) is 0. The van der Waals surface area contributed by atoms with Crippen LogP contribution in [0.2, 0.25) is 31.9 Å². The summed E-state index contributed by atoms with van der Waals surface area (Å²) in [6.45, 7) is 9.36. The van der Waals surface area contributed by atoms with Gasteiger partial charge in [0, 0.05) is 0 Å². The van der Waals surface area contributed by atoms with E-state index in [4.69, 9.17) is 0 Å². The minimum atomic E-state index is -1.36. The number of rotatable bonds is 2. The summed E-state index contributed by atoms with van der Waals surface area (Å²) in [6, 6.07) is 0. The maximum atomic E-state index is 3.44. The van der Waals surface area contributed by atoms with Gasteiger partial charge in [-0.1, -0.05) is 69.9 Å². The monoisotopic (exact) mass is 364 g/mol. The number of hydrogen-bond donors (Lipinski definition) is 0. The molecule has 15 heavy (non-hydrogen) atoms. The number of halogens is 2. The molecule has 0 saturated carbocycles. The van der Waals surface area contributed by atoms with E-state index in [2.05, 4.69) is 81.0 Å². The largest absolute Gasteiger partial charge is 0.131 e. The average molecular weight is 366 g/mol. The summed E-state index contributed by atoms with van der Waals surface area (Å²) in [5.41, 5.74) is 8.14. The molecule has 0 fully saturated rings. The Hall–Kier alpha value is 0.514. The highest BCUT2D eigenvalue weighted by molar-refractivity contribution is 9.09. The fourth-order valence-electron chi connectivity index (χ4n) is 1.74. The van der Waals surface area contributed by atoms with Crippen LogP contribution in [0.5, 0.6) is 0 Å². The molecular weight excluding hydrogens is 348 g/mol. The second-order valence-corrected chi connectivity index (χ2v) is 15.4. The van der Waals surface area contributed by atoms with Gasteiger partial charge in [-0.25, -0.2) is 0 Å². The molecule has 0 nitrogen and oxygen atoms in total. The van der Waals surface area contributed by atoms with Crippen molar-refractivity contribution in [2.75, 3.05) is 10.7 Å². The standard InChI is InChI=1S/C11H18Br2Si2/c1-14(2,9-5-7-12)11-15(3,4)10-6-8-13/h7-8,11H2,1-4H3. The Kier molecular flexibility index (Phi) is 7.20. The Morgan fingerprint density at radius 2 is 1.13 bits per heavy atom. The fraction of sp³-hybridized carbons (Fsp3) is 0.636. The van der Waals surface area contributed by atoms with Crippen LogP contribution in [-0.2, 0) is 0 Å². The van der Waals surface area contributed by atoms with Crippen molar-refractivity contribution in [1.29, 1.82) is 0 Å². The van der Waals surface area contributed by atoms with Crippen LogP contribution in [0.1, 0.15) is 0 Å². The van der Waals surface area contributed by atoms with Gasteiger partial charge < -0.3 is 0 Å². The molecule has 0 spiro atoms. The molecule has 0 aliphatic heterocycles. The lowest BCUT2D eigenvalue weighted by atomic mass is 10.8. The van der Waals surface area contributed by atoms with Gasteiger partial charge >= 0.3 is 0 Å². The summed E-state index contributed by atoms with van der Waals surface area (Å²) in [5.74, 6) is 6.32. The quantitative estimate of drug-likeness (QED) is 0.396. The van der Waals surface area contributed by atoms with Crippen molar-refractivity contribution in [1.82, 2.24) is 0 Å². The minimum Gasteiger partial charge on any atom is -0.131 e. The van der Waals surface area contributed by atoms with E-state index in [0.29, 0.717) is 0 Å². The second kappa shape index (κ2) is 6.96. The van der Waals surface area contributed by atoms with Crippen molar-refractivity contribution < 1.29 is 0 Å². The Balaban J connectivity index is 4.56. The second-order valence-electron chi connectivity index (χ2n) is 4.82. The van der Waals surface area contributed by atoms with Crippen molar-refractivity contribution in [3.8, 4) is 22.9 Å². The maximum absolute atomic E-state index is 3.44. The zero-order chi connectivity index (χ0) is 11.9. The van der Waals surface area contributed by atoms with E-state index in [0.717, 1.165) is 10.7 Å². The molecule has 0 saturated heterocycles. The molecular formula is C11H18Br2Si2. The third kappa shape index (κ3) is 8.33. The highest BCUT2D eigenvalue weighted by Crippen LogP contribution is 2.18. The Bertz CT molecular complexity index is 281. The summed E-state index contributed by atoms with van der Waals surface area (Å²) in [4.78, 5) is 0. The van der Waals surface area contributed by atoms with Gasteiger partial charge in [-0.05, 0) is 5.67 Å². The van der Waals surface area contributed by atoms with Crippen LogP contribution in [0.25, 0.3) is 0 Å². The lowest BCUT2D eigenvalue weighted by Crippen LogP contribution is -2.38. The third-order valence-electron chi connectivity index (χ3n) is 1.87. The van der Waals surface area contributed by atoms with Crippen LogP contribution in [0.4, 0.5) is 0 Å². The molecule has 84 valence electrons. The molecule has 0 N–H and O–H groups in total. The molecule has 4 heteroatoms. The molecule has 0 aromatic carbocycles. The Morgan fingerprint density at radius 1 is 0.800 bits per heavy atom. The van der Waals surface area contributed by atoms with Crippen LogP contribution in [-0.4, -0.2) is 26.8 Å². The molecule has 0 bridgehead atoms. The molecule has 0 aliphatic rings. The average Bonchev–Trinajstić information content (AvgIpc) is 2.10. The zero-order valence-corrected chi connectivity index (χ0v) is 15.0. The molecule has 0 unspecified atom stereocenters. The normalized spacial score (nSPS) is 11.1. The lowest BCUT2D eigenvalue weighted by Gasteiger charge is -2.23. The summed E-state index contributed by atoms with van der Waals surface area (Å²) in [7, 11) is -2.71. The molecule has 0 rings (SSSR count). The van der Waals surface area contributed by atoms with Crippen LogP contribution < -0.4 is 0 Å². The smallest absolute Gasteiger partial charge is 0.130 e. The first kappa shape index (κ1) is 15.5. The third-order valence-corrected chi connectivity index (χ3v) is 11.2. The Labute approximate surface area is 113 Å². The van der Waals surface area contributed by atoms with E-state index >= 15 is 0 Å². The van der Waals surface area contributed by atoms with E-state index in [9.17, 15) is 0 Å². The van der Waals surface area contributed by atoms with E-state index in [1.807, 2.05) is 0 Å².